The lowest BCUT2D eigenvalue weighted by atomic mass is 10.0. The highest BCUT2D eigenvalue weighted by Gasteiger charge is 2.21. The zero-order chi connectivity index (χ0) is 15.5. The normalized spacial score (nSPS) is 15.8. The summed E-state index contributed by atoms with van der Waals surface area (Å²) in [6, 6.07) is 20.3. The van der Waals surface area contributed by atoms with Gasteiger partial charge in [-0.3, -0.25) is 0 Å². The molecular formula is C20H23N3. The van der Waals surface area contributed by atoms with Gasteiger partial charge in [-0.05, 0) is 55.8 Å². The van der Waals surface area contributed by atoms with Crippen LogP contribution in [0.3, 0.4) is 0 Å². The molecule has 3 aromatic rings. The molecule has 4 rings (SSSR count). The van der Waals surface area contributed by atoms with E-state index in [2.05, 4.69) is 69.8 Å². The summed E-state index contributed by atoms with van der Waals surface area (Å²) in [5.41, 5.74) is 3.91. The van der Waals surface area contributed by atoms with Crippen molar-refractivity contribution in [3.63, 3.8) is 0 Å². The Kier molecular flexibility index (Phi) is 4.03. The van der Waals surface area contributed by atoms with E-state index in [-0.39, 0.29) is 0 Å². The van der Waals surface area contributed by atoms with E-state index in [1.807, 2.05) is 6.20 Å². The van der Waals surface area contributed by atoms with Crippen molar-refractivity contribution in [1.82, 2.24) is 10.3 Å². The van der Waals surface area contributed by atoms with Crippen molar-refractivity contribution >= 4 is 16.6 Å². The lowest BCUT2D eigenvalue weighted by molar-refractivity contribution is 0.428. The van der Waals surface area contributed by atoms with Crippen molar-refractivity contribution in [3.8, 4) is 0 Å². The van der Waals surface area contributed by atoms with Crippen LogP contribution >= 0.6 is 0 Å². The maximum absolute atomic E-state index is 3.48. The van der Waals surface area contributed by atoms with Crippen LogP contribution in [-0.2, 0) is 6.54 Å². The Hall–Kier alpha value is -2.26. The number of anilines is 1. The molecule has 0 unspecified atom stereocenters. The minimum Gasteiger partial charge on any atom is -0.364 e. The maximum Gasteiger partial charge on any atom is 0.0455 e. The first kappa shape index (κ1) is 14.3. The molecule has 0 saturated carbocycles. The minimum atomic E-state index is 0.604. The first-order valence-electron chi connectivity index (χ1n) is 8.48. The highest BCUT2D eigenvalue weighted by molar-refractivity contribution is 5.83. The average Bonchev–Trinajstić information content (AvgIpc) is 3.09. The van der Waals surface area contributed by atoms with Crippen LogP contribution in [0.15, 0.2) is 60.8 Å². The number of benzene rings is 2. The van der Waals surface area contributed by atoms with E-state index in [1.165, 1.54) is 35.0 Å². The second-order valence-corrected chi connectivity index (χ2v) is 6.34. The van der Waals surface area contributed by atoms with Crippen LogP contribution in [0.5, 0.6) is 0 Å². The van der Waals surface area contributed by atoms with Crippen LogP contribution < -0.4 is 10.2 Å². The number of hydrogen-bond acceptors (Lipinski definition) is 2. The second-order valence-electron chi connectivity index (χ2n) is 6.34. The summed E-state index contributed by atoms with van der Waals surface area (Å²) in [5, 5.41) is 4.77. The van der Waals surface area contributed by atoms with Gasteiger partial charge >= 0.3 is 0 Å². The number of aromatic nitrogens is 1. The monoisotopic (exact) mass is 305 g/mol. The topological polar surface area (TPSA) is 31.1 Å². The Morgan fingerprint density at radius 3 is 2.61 bits per heavy atom. The molecule has 0 atom stereocenters. The molecule has 1 saturated heterocycles. The van der Waals surface area contributed by atoms with Crippen molar-refractivity contribution in [1.29, 1.82) is 0 Å². The molecule has 0 amide bonds. The van der Waals surface area contributed by atoms with Gasteiger partial charge in [-0.2, -0.15) is 0 Å². The molecule has 3 nitrogen and oxygen atoms in total. The number of rotatable bonds is 4. The molecule has 0 radical (unpaired) electrons. The lowest BCUT2D eigenvalue weighted by Gasteiger charge is -2.36. The molecular weight excluding hydrogens is 282 g/mol. The number of hydrogen-bond donors (Lipinski definition) is 2. The third kappa shape index (κ3) is 3.10. The van der Waals surface area contributed by atoms with Gasteiger partial charge in [0.15, 0.2) is 0 Å². The Bertz CT molecular complexity index is 757. The van der Waals surface area contributed by atoms with Crippen LogP contribution in [0.1, 0.15) is 18.4 Å². The fourth-order valence-corrected chi connectivity index (χ4v) is 3.55. The van der Waals surface area contributed by atoms with E-state index in [0.29, 0.717) is 6.04 Å². The molecule has 1 aliphatic rings. The van der Waals surface area contributed by atoms with Crippen molar-refractivity contribution in [2.24, 2.45) is 0 Å². The van der Waals surface area contributed by atoms with Gasteiger partial charge in [0.1, 0.15) is 0 Å². The largest absolute Gasteiger partial charge is 0.364 e. The zero-order valence-electron chi connectivity index (χ0n) is 13.3. The van der Waals surface area contributed by atoms with E-state index in [1.54, 1.807) is 0 Å². The van der Waals surface area contributed by atoms with Gasteiger partial charge in [0.2, 0.25) is 0 Å². The number of fused-ring (bicyclic) bond motifs is 1. The molecule has 3 heteroatoms. The number of piperidine rings is 1. The molecule has 1 aromatic heterocycles. The fourth-order valence-electron chi connectivity index (χ4n) is 3.55. The molecule has 0 bridgehead atoms. The minimum absolute atomic E-state index is 0.604. The number of aromatic amines is 1. The van der Waals surface area contributed by atoms with E-state index >= 15 is 0 Å². The van der Waals surface area contributed by atoms with Crippen molar-refractivity contribution in [3.05, 3.63) is 66.4 Å². The highest BCUT2D eigenvalue weighted by atomic mass is 15.2. The summed E-state index contributed by atoms with van der Waals surface area (Å²) >= 11 is 0. The van der Waals surface area contributed by atoms with Gasteiger partial charge in [-0.1, -0.05) is 30.3 Å². The molecule has 2 aromatic carbocycles. The van der Waals surface area contributed by atoms with Crippen LogP contribution in [0.25, 0.3) is 10.9 Å². The molecule has 2 N–H and O–H groups in total. The first-order chi connectivity index (χ1) is 11.4. The van der Waals surface area contributed by atoms with E-state index in [0.717, 1.165) is 19.6 Å². The zero-order valence-corrected chi connectivity index (χ0v) is 13.3. The summed E-state index contributed by atoms with van der Waals surface area (Å²) in [4.78, 5) is 5.87. The SMILES string of the molecule is c1ccc(CN(c2ccc3[nH]ccc3c2)C2CCNCC2)cc1. The molecule has 0 aliphatic carbocycles. The van der Waals surface area contributed by atoms with Crippen molar-refractivity contribution in [2.45, 2.75) is 25.4 Å². The predicted molar refractivity (Wildman–Crippen MR) is 96.8 cm³/mol. The predicted octanol–water partition coefficient (Wildman–Crippen LogP) is 3.93. The van der Waals surface area contributed by atoms with E-state index in [9.17, 15) is 0 Å². The first-order valence-corrected chi connectivity index (χ1v) is 8.48. The number of nitrogens with one attached hydrogen (secondary N) is 2. The molecule has 2 heterocycles. The quantitative estimate of drug-likeness (QED) is 0.765. The maximum atomic E-state index is 3.48. The molecule has 1 aliphatic heterocycles. The summed E-state index contributed by atoms with van der Waals surface area (Å²) in [6.45, 7) is 3.20. The van der Waals surface area contributed by atoms with E-state index in [4.69, 9.17) is 0 Å². The van der Waals surface area contributed by atoms with Gasteiger partial charge < -0.3 is 15.2 Å². The van der Waals surface area contributed by atoms with Gasteiger partial charge in [-0.25, -0.2) is 0 Å². The van der Waals surface area contributed by atoms with Gasteiger partial charge in [0, 0.05) is 35.4 Å². The van der Waals surface area contributed by atoms with E-state index < -0.39 is 0 Å². The van der Waals surface area contributed by atoms with Crippen molar-refractivity contribution in [2.75, 3.05) is 18.0 Å². The fraction of sp³-hybridized carbons (Fsp3) is 0.300. The Balaban J connectivity index is 1.67. The Morgan fingerprint density at radius 1 is 0.957 bits per heavy atom. The summed E-state index contributed by atoms with van der Waals surface area (Å²) in [6.07, 6.45) is 4.43. The van der Waals surface area contributed by atoms with Gasteiger partial charge in [0.25, 0.3) is 0 Å². The average molecular weight is 305 g/mol. The third-order valence-electron chi connectivity index (χ3n) is 4.81. The summed E-state index contributed by atoms with van der Waals surface area (Å²) in [5.74, 6) is 0. The second kappa shape index (κ2) is 6.47. The standard InChI is InChI=1S/C20H23N3/c1-2-4-16(5-3-1)15-23(18-9-11-21-12-10-18)19-6-7-20-17(14-19)8-13-22-20/h1-8,13-14,18,21-22H,9-12,15H2. The van der Waals surface area contributed by atoms with Gasteiger partial charge in [-0.15, -0.1) is 0 Å². The smallest absolute Gasteiger partial charge is 0.0455 e. The number of H-pyrrole nitrogens is 1. The van der Waals surface area contributed by atoms with Crippen LogP contribution in [-0.4, -0.2) is 24.1 Å². The molecule has 23 heavy (non-hydrogen) atoms. The molecule has 1 fully saturated rings. The van der Waals surface area contributed by atoms with Gasteiger partial charge in [0.05, 0.1) is 0 Å². The van der Waals surface area contributed by atoms with Crippen molar-refractivity contribution < 1.29 is 0 Å². The van der Waals surface area contributed by atoms with Crippen LogP contribution in [0.4, 0.5) is 5.69 Å². The summed E-state index contributed by atoms with van der Waals surface area (Å²) in [7, 11) is 0. The highest BCUT2D eigenvalue weighted by Crippen LogP contribution is 2.27. The van der Waals surface area contributed by atoms with Crippen LogP contribution in [0.2, 0.25) is 0 Å². The Labute approximate surface area is 137 Å². The Morgan fingerprint density at radius 2 is 1.78 bits per heavy atom. The van der Waals surface area contributed by atoms with Crippen LogP contribution in [0, 0.1) is 0 Å². The molecule has 0 spiro atoms. The molecule has 118 valence electrons. The third-order valence-corrected chi connectivity index (χ3v) is 4.81. The lowest BCUT2D eigenvalue weighted by Crippen LogP contribution is -2.43. The number of nitrogens with zero attached hydrogens (tertiary/aromatic N) is 1. The summed E-state index contributed by atoms with van der Waals surface area (Å²) < 4.78 is 0.